The lowest BCUT2D eigenvalue weighted by Crippen LogP contribution is -2.34. The summed E-state index contributed by atoms with van der Waals surface area (Å²) in [7, 11) is 0. The summed E-state index contributed by atoms with van der Waals surface area (Å²) in [5.74, 6) is -1.46. The van der Waals surface area contributed by atoms with Gasteiger partial charge in [0.05, 0.1) is 11.3 Å². The van der Waals surface area contributed by atoms with Crippen molar-refractivity contribution in [1.82, 2.24) is 0 Å². The number of hydrogen-bond acceptors (Lipinski definition) is 3. The molecule has 26 heavy (non-hydrogen) atoms. The van der Waals surface area contributed by atoms with Gasteiger partial charge in [-0.2, -0.15) is 0 Å². The van der Waals surface area contributed by atoms with Gasteiger partial charge in [0, 0.05) is 24.3 Å². The fraction of sp³-hybridized carbons (Fsp3) is 0.300. The molecule has 0 aliphatic carbocycles. The molecule has 1 heterocycles. The van der Waals surface area contributed by atoms with E-state index in [0.717, 1.165) is 25.2 Å². The average Bonchev–Trinajstić information content (AvgIpc) is 2.62. The van der Waals surface area contributed by atoms with E-state index in [1.165, 1.54) is 30.7 Å². The Bertz CT molecular complexity index is 820. The lowest BCUT2D eigenvalue weighted by molar-refractivity contribution is 0.0698. The first-order chi connectivity index (χ1) is 12.4. The first-order valence-corrected chi connectivity index (χ1v) is 8.63. The molecule has 0 saturated carbocycles. The monoisotopic (exact) mass is 356 g/mol. The zero-order valence-corrected chi connectivity index (χ0v) is 14.5. The van der Waals surface area contributed by atoms with Gasteiger partial charge < -0.3 is 15.3 Å². The van der Waals surface area contributed by atoms with Crippen molar-refractivity contribution in [1.29, 1.82) is 0 Å². The van der Waals surface area contributed by atoms with Crippen LogP contribution in [-0.4, -0.2) is 30.1 Å². The van der Waals surface area contributed by atoms with Gasteiger partial charge in [0.1, 0.15) is 5.82 Å². The fourth-order valence-corrected chi connectivity index (χ4v) is 3.23. The van der Waals surface area contributed by atoms with E-state index < -0.39 is 17.7 Å². The molecule has 2 aromatic carbocycles. The highest BCUT2D eigenvalue weighted by molar-refractivity contribution is 6.08. The molecule has 0 aromatic heterocycles. The van der Waals surface area contributed by atoms with Crippen LogP contribution in [0.2, 0.25) is 0 Å². The number of halogens is 1. The molecule has 1 atom stereocenters. The molecule has 2 aromatic rings. The molecule has 1 aliphatic rings. The second kappa shape index (κ2) is 7.56. The number of benzene rings is 2. The van der Waals surface area contributed by atoms with Gasteiger partial charge in [-0.3, -0.25) is 4.79 Å². The molecule has 5 nitrogen and oxygen atoms in total. The summed E-state index contributed by atoms with van der Waals surface area (Å²) in [4.78, 5) is 26.1. The summed E-state index contributed by atoms with van der Waals surface area (Å²) in [6, 6.07) is 10.1. The number of carboxylic acid groups (broad SMARTS) is 1. The smallest absolute Gasteiger partial charge is 0.337 e. The van der Waals surface area contributed by atoms with E-state index in [1.54, 1.807) is 12.1 Å². The van der Waals surface area contributed by atoms with Crippen molar-refractivity contribution >= 4 is 23.3 Å². The predicted octanol–water partition coefficient (Wildman–Crippen LogP) is 4.01. The van der Waals surface area contributed by atoms with Gasteiger partial charge in [-0.25, -0.2) is 9.18 Å². The quantitative estimate of drug-likeness (QED) is 0.868. The van der Waals surface area contributed by atoms with Crippen LogP contribution in [0.15, 0.2) is 42.5 Å². The molecular weight excluding hydrogens is 335 g/mol. The number of carboxylic acids is 1. The Labute approximate surface area is 151 Å². The zero-order valence-electron chi connectivity index (χ0n) is 14.5. The molecule has 1 aliphatic heterocycles. The fourth-order valence-electron chi connectivity index (χ4n) is 3.23. The first-order valence-electron chi connectivity index (χ1n) is 8.63. The standard InChI is InChI=1S/C20H21FN2O3/c1-13-3-2-10-23(12-13)16-8-9-18(17(11-16)20(25)26)22-19(24)14-4-6-15(21)7-5-14/h4-9,11,13H,2-3,10,12H2,1H3,(H,22,24)(H,25,26)/t13-/m1/s1. The van der Waals surface area contributed by atoms with Gasteiger partial charge >= 0.3 is 5.97 Å². The SMILES string of the molecule is C[C@@H]1CCCN(c2ccc(NC(=O)c3ccc(F)cc3)c(C(=O)O)c2)C1. The molecule has 1 saturated heterocycles. The van der Waals surface area contributed by atoms with E-state index >= 15 is 0 Å². The van der Waals surface area contributed by atoms with E-state index in [2.05, 4.69) is 17.1 Å². The Morgan fingerprint density at radius 3 is 2.58 bits per heavy atom. The van der Waals surface area contributed by atoms with Crippen LogP contribution in [-0.2, 0) is 0 Å². The molecule has 0 unspecified atom stereocenters. The van der Waals surface area contributed by atoms with Crippen molar-refractivity contribution in [3.8, 4) is 0 Å². The van der Waals surface area contributed by atoms with Crippen LogP contribution in [0.25, 0.3) is 0 Å². The van der Waals surface area contributed by atoms with Crippen molar-refractivity contribution in [3.63, 3.8) is 0 Å². The van der Waals surface area contributed by atoms with E-state index in [9.17, 15) is 19.1 Å². The second-order valence-electron chi connectivity index (χ2n) is 6.69. The van der Waals surface area contributed by atoms with Gasteiger partial charge in [-0.05, 0) is 61.2 Å². The normalized spacial score (nSPS) is 17.0. The van der Waals surface area contributed by atoms with Gasteiger partial charge in [-0.1, -0.05) is 6.92 Å². The summed E-state index contributed by atoms with van der Waals surface area (Å²) in [5.41, 5.74) is 1.36. The highest BCUT2D eigenvalue weighted by Crippen LogP contribution is 2.27. The number of hydrogen-bond donors (Lipinski definition) is 2. The van der Waals surface area contributed by atoms with Crippen molar-refractivity contribution in [2.45, 2.75) is 19.8 Å². The van der Waals surface area contributed by atoms with Crippen molar-refractivity contribution in [2.75, 3.05) is 23.3 Å². The van der Waals surface area contributed by atoms with Crippen LogP contribution in [0.3, 0.4) is 0 Å². The minimum atomic E-state index is -1.11. The molecule has 1 fully saturated rings. The molecule has 2 N–H and O–H groups in total. The Balaban J connectivity index is 1.84. The van der Waals surface area contributed by atoms with Crippen LogP contribution in [0.4, 0.5) is 15.8 Å². The average molecular weight is 356 g/mol. The van der Waals surface area contributed by atoms with Gasteiger partial charge in [0.25, 0.3) is 5.91 Å². The number of nitrogens with zero attached hydrogens (tertiary/aromatic N) is 1. The molecule has 0 radical (unpaired) electrons. The maximum Gasteiger partial charge on any atom is 0.337 e. The molecule has 0 bridgehead atoms. The lowest BCUT2D eigenvalue weighted by atomic mass is 9.99. The van der Waals surface area contributed by atoms with Gasteiger partial charge in [-0.15, -0.1) is 0 Å². The number of amides is 1. The van der Waals surface area contributed by atoms with Crippen molar-refractivity contribution in [2.24, 2.45) is 5.92 Å². The minimum Gasteiger partial charge on any atom is -0.478 e. The van der Waals surface area contributed by atoms with Crippen LogP contribution in [0, 0.1) is 11.7 Å². The molecule has 3 rings (SSSR count). The Kier molecular flexibility index (Phi) is 5.21. The molecular formula is C20H21FN2O3. The number of rotatable bonds is 4. The zero-order chi connectivity index (χ0) is 18.7. The summed E-state index contributed by atoms with van der Waals surface area (Å²) in [6.45, 7) is 3.96. The van der Waals surface area contributed by atoms with Crippen molar-refractivity contribution < 1.29 is 19.1 Å². The van der Waals surface area contributed by atoms with Crippen molar-refractivity contribution in [3.05, 3.63) is 59.4 Å². The summed E-state index contributed by atoms with van der Waals surface area (Å²) >= 11 is 0. The third-order valence-electron chi connectivity index (χ3n) is 4.61. The summed E-state index contributed by atoms with van der Waals surface area (Å²) < 4.78 is 13.0. The highest BCUT2D eigenvalue weighted by atomic mass is 19.1. The largest absolute Gasteiger partial charge is 0.478 e. The Morgan fingerprint density at radius 2 is 1.92 bits per heavy atom. The number of anilines is 2. The highest BCUT2D eigenvalue weighted by Gasteiger charge is 2.20. The van der Waals surface area contributed by atoms with Gasteiger partial charge in [0.15, 0.2) is 0 Å². The van der Waals surface area contributed by atoms with Crippen LogP contribution < -0.4 is 10.2 Å². The lowest BCUT2D eigenvalue weighted by Gasteiger charge is -2.33. The number of piperidine rings is 1. The predicted molar refractivity (Wildman–Crippen MR) is 98.4 cm³/mol. The molecule has 6 heteroatoms. The number of nitrogens with one attached hydrogen (secondary N) is 1. The maximum atomic E-state index is 13.0. The number of carbonyl (C=O) groups excluding carboxylic acids is 1. The summed E-state index contributed by atoms with van der Waals surface area (Å²) in [5, 5.41) is 12.1. The second-order valence-corrected chi connectivity index (χ2v) is 6.69. The van der Waals surface area contributed by atoms with E-state index in [-0.39, 0.29) is 16.8 Å². The van der Waals surface area contributed by atoms with E-state index in [0.29, 0.717) is 5.92 Å². The maximum absolute atomic E-state index is 13.0. The number of carbonyl (C=O) groups is 2. The third-order valence-corrected chi connectivity index (χ3v) is 4.61. The summed E-state index contributed by atoms with van der Waals surface area (Å²) in [6.07, 6.45) is 2.25. The molecule has 1 amide bonds. The Morgan fingerprint density at radius 1 is 1.19 bits per heavy atom. The number of aromatic carboxylic acids is 1. The topological polar surface area (TPSA) is 69.6 Å². The minimum absolute atomic E-state index is 0.0381. The third kappa shape index (κ3) is 4.02. The van der Waals surface area contributed by atoms with Crippen LogP contribution >= 0.6 is 0 Å². The van der Waals surface area contributed by atoms with Crippen LogP contribution in [0.5, 0.6) is 0 Å². The van der Waals surface area contributed by atoms with Crippen LogP contribution in [0.1, 0.15) is 40.5 Å². The molecule has 136 valence electrons. The van der Waals surface area contributed by atoms with E-state index in [1.807, 2.05) is 6.07 Å². The molecule has 0 spiro atoms. The Hall–Kier alpha value is -2.89. The van der Waals surface area contributed by atoms with E-state index in [4.69, 9.17) is 0 Å². The van der Waals surface area contributed by atoms with Gasteiger partial charge in [0.2, 0.25) is 0 Å². The first kappa shape index (κ1) is 17.9.